The van der Waals surface area contributed by atoms with Crippen LogP contribution in [0.5, 0.6) is 0 Å². The van der Waals surface area contributed by atoms with E-state index in [1.54, 1.807) is 0 Å². The van der Waals surface area contributed by atoms with Crippen molar-refractivity contribution in [1.29, 1.82) is 0 Å². The molecular formula is C18H23FN2O3. The zero-order valence-electron chi connectivity index (χ0n) is 13.8. The highest BCUT2D eigenvalue weighted by atomic mass is 19.1. The molecule has 2 aliphatic rings. The van der Waals surface area contributed by atoms with Gasteiger partial charge in [0.2, 0.25) is 5.91 Å². The number of hydrogen-bond acceptors (Lipinski definition) is 3. The van der Waals surface area contributed by atoms with E-state index in [1.165, 1.54) is 24.3 Å². The van der Waals surface area contributed by atoms with Gasteiger partial charge in [0.15, 0.2) is 0 Å². The van der Waals surface area contributed by atoms with Gasteiger partial charge in [0.25, 0.3) is 5.91 Å². The van der Waals surface area contributed by atoms with Crippen molar-refractivity contribution in [3.63, 3.8) is 0 Å². The Kier molecular flexibility index (Phi) is 5.14. The second-order valence-electron chi connectivity index (χ2n) is 6.47. The van der Waals surface area contributed by atoms with Crippen LogP contribution in [-0.4, -0.2) is 48.1 Å². The van der Waals surface area contributed by atoms with Gasteiger partial charge >= 0.3 is 0 Å². The Bertz CT molecular complexity index is 591. The van der Waals surface area contributed by atoms with E-state index >= 15 is 0 Å². The van der Waals surface area contributed by atoms with Crippen LogP contribution in [0.4, 0.5) is 4.39 Å². The van der Waals surface area contributed by atoms with E-state index in [-0.39, 0.29) is 42.4 Å². The minimum Gasteiger partial charge on any atom is -0.372 e. The molecule has 0 aromatic heterocycles. The van der Waals surface area contributed by atoms with E-state index in [0.29, 0.717) is 12.2 Å². The molecular weight excluding hydrogens is 311 g/mol. The first kappa shape index (κ1) is 16.9. The van der Waals surface area contributed by atoms with Crippen LogP contribution in [0.25, 0.3) is 0 Å². The number of halogens is 1. The number of piperidine rings is 1. The van der Waals surface area contributed by atoms with Crippen LogP contribution in [0.2, 0.25) is 0 Å². The lowest BCUT2D eigenvalue weighted by Crippen LogP contribution is -2.53. The summed E-state index contributed by atoms with van der Waals surface area (Å²) in [7, 11) is 0. The first-order valence-corrected chi connectivity index (χ1v) is 8.53. The number of amides is 2. The standard InChI is InChI=1S/C18H23FN2O3/c1-2-24-11-17(22)21-15-7-8-16(21)10-14(9-15)20-18(23)12-3-5-13(19)6-4-12/h3-6,14-16H,2,7-11H2,1H3,(H,20,23)/t14?,15-,16+. The summed E-state index contributed by atoms with van der Waals surface area (Å²) in [6.07, 6.45) is 3.49. The van der Waals surface area contributed by atoms with Crippen LogP contribution in [-0.2, 0) is 9.53 Å². The number of hydrogen-bond donors (Lipinski definition) is 1. The molecule has 1 aromatic carbocycles. The quantitative estimate of drug-likeness (QED) is 0.897. The smallest absolute Gasteiger partial charge is 0.251 e. The van der Waals surface area contributed by atoms with Crippen LogP contribution in [0.1, 0.15) is 43.0 Å². The molecule has 130 valence electrons. The van der Waals surface area contributed by atoms with Crippen LogP contribution >= 0.6 is 0 Å². The van der Waals surface area contributed by atoms with Gasteiger partial charge in [0.05, 0.1) is 0 Å². The highest BCUT2D eigenvalue weighted by Gasteiger charge is 2.43. The third-order valence-corrected chi connectivity index (χ3v) is 4.89. The third kappa shape index (κ3) is 3.59. The Labute approximate surface area is 141 Å². The van der Waals surface area contributed by atoms with Crippen molar-refractivity contribution < 1.29 is 18.7 Å². The van der Waals surface area contributed by atoms with Crippen molar-refractivity contribution in [2.75, 3.05) is 13.2 Å². The highest BCUT2D eigenvalue weighted by molar-refractivity contribution is 5.94. The summed E-state index contributed by atoms with van der Waals surface area (Å²) < 4.78 is 18.2. The van der Waals surface area contributed by atoms with Crippen molar-refractivity contribution in [1.82, 2.24) is 10.2 Å². The molecule has 1 unspecified atom stereocenters. The predicted octanol–water partition coefficient (Wildman–Crippen LogP) is 2.11. The first-order valence-electron chi connectivity index (χ1n) is 8.53. The second-order valence-corrected chi connectivity index (χ2v) is 6.47. The van der Waals surface area contributed by atoms with Gasteiger partial charge in [-0.05, 0) is 56.9 Å². The SMILES string of the molecule is CCOCC(=O)N1[C@@H]2CC[C@H]1CC(NC(=O)c1ccc(F)cc1)C2. The van der Waals surface area contributed by atoms with Crippen LogP contribution in [0.15, 0.2) is 24.3 Å². The van der Waals surface area contributed by atoms with E-state index in [9.17, 15) is 14.0 Å². The van der Waals surface area contributed by atoms with Gasteiger partial charge < -0.3 is 15.0 Å². The van der Waals surface area contributed by atoms with Gasteiger partial charge in [-0.2, -0.15) is 0 Å². The summed E-state index contributed by atoms with van der Waals surface area (Å²) in [6, 6.07) is 5.95. The highest BCUT2D eigenvalue weighted by Crippen LogP contribution is 2.35. The van der Waals surface area contributed by atoms with Crippen LogP contribution < -0.4 is 5.32 Å². The van der Waals surface area contributed by atoms with Crippen LogP contribution in [0, 0.1) is 5.82 Å². The fraction of sp³-hybridized carbons (Fsp3) is 0.556. The number of ether oxygens (including phenoxy) is 1. The molecule has 0 aliphatic carbocycles. The number of fused-ring (bicyclic) bond motifs is 2. The van der Waals surface area contributed by atoms with E-state index in [0.717, 1.165) is 25.7 Å². The van der Waals surface area contributed by atoms with Crippen molar-refractivity contribution >= 4 is 11.8 Å². The Morgan fingerprint density at radius 3 is 2.42 bits per heavy atom. The summed E-state index contributed by atoms with van der Waals surface area (Å²) in [6.45, 7) is 2.54. The summed E-state index contributed by atoms with van der Waals surface area (Å²) in [5.74, 6) is -0.494. The maximum Gasteiger partial charge on any atom is 0.251 e. The van der Waals surface area contributed by atoms with E-state index < -0.39 is 0 Å². The summed E-state index contributed by atoms with van der Waals surface area (Å²) in [5.41, 5.74) is 0.457. The Morgan fingerprint density at radius 1 is 1.21 bits per heavy atom. The molecule has 5 nitrogen and oxygen atoms in total. The van der Waals surface area contributed by atoms with Crippen molar-refractivity contribution in [3.05, 3.63) is 35.6 Å². The largest absolute Gasteiger partial charge is 0.372 e. The van der Waals surface area contributed by atoms with Crippen molar-refractivity contribution in [2.24, 2.45) is 0 Å². The molecule has 0 saturated carbocycles. The number of carbonyl (C=O) groups is 2. The lowest BCUT2D eigenvalue weighted by molar-refractivity contribution is -0.140. The average Bonchev–Trinajstić information content (AvgIpc) is 2.84. The monoisotopic (exact) mass is 334 g/mol. The number of nitrogens with zero attached hydrogens (tertiary/aromatic N) is 1. The van der Waals surface area contributed by atoms with Gasteiger partial charge in [0, 0.05) is 30.3 Å². The summed E-state index contributed by atoms with van der Waals surface area (Å²) in [4.78, 5) is 26.5. The Hall–Kier alpha value is -1.95. The maximum atomic E-state index is 12.9. The molecule has 2 aliphatic heterocycles. The minimum atomic E-state index is -0.356. The van der Waals surface area contributed by atoms with E-state index in [2.05, 4.69) is 5.32 Å². The molecule has 2 amide bonds. The fourth-order valence-corrected chi connectivity index (χ4v) is 3.84. The Balaban J connectivity index is 1.58. The molecule has 0 radical (unpaired) electrons. The second kappa shape index (κ2) is 7.30. The molecule has 1 N–H and O–H groups in total. The van der Waals surface area contributed by atoms with E-state index in [4.69, 9.17) is 4.74 Å². The average molecular weight is 334 g/mol. The van der Waals surface area contributed by atoms with Crippen molar-refractivity contribution in [2.45, 2.75) is 50.7 Å². The molecule has 3 rings (SSSR count). The lowest BCUT2D eigenvalue weighted by Gasteiger charge is -2.39. The van der Waals surface area contributed by atoms with Crippen LogP contribution in [0.3, 0.4) is 0 Å². The van der Waals surface area contributed by atoms with Gasteiger partial charge in [-0.1, -0.05) is 0 Å². The molecule has 24 heavy (non-hydrogen) atoms. The molecule has 2 fully saturated rings. The zero-order chi connectivity index (χ0) is 17.1. The molecule has 2 heterocycles. The summed E-state index contributed by atoms with van der Waals surface area (Å²) >= 11 is 0. The van der Waals surface area contributed by atoms with Gasteiger partial charge in [-0.3, -0.25) is 9.59 Å². The van der Waals surface area contributed by atoms with Gasteiger partial charge in [-0.25, -0.2) is 4.39 Å². The summed E-state index contributed by atoms with van der Waals surface area (Å²) in [5, 5.41) is 3.03. The molecule has 0 spiro atoms. The third-order valence-electron chi connectivity index (χ3n) is 4.89. The molecule has 6 heteroatoms. The normalized spacial score (nSPS) is 25.6. The number of benzene rings is 1. The van der Waals surface area contributed by atoms with Crippen molar-refractivity contribution in [3.8, 4) is 0 Å². The fourth-order valence-electron chi connectivity index (χ4n) is 3.84. The van der Waals surface area contributed by atoms with E-state index in [1.807, 2.05) is 11.8 Å². The molecule has 1 aromatic rings. The zero-order valence-corrected chi connectivity index (χ0v) is 13.8. The molecule has 2 saturated heterocycles. The van der Waals surface area contributed by atoms with Gasteiger partial charge in [-0.15, -0.1) is 0 Å². The minimum absolute atomic E-state index is 0.0488. The lowest BCUT2D eigenvalue weighted by atomic mass is 9.96. The van der Waals surface area contributed by atoms with Gasteiger partial charge in [0.1, 0.15) is 12.4 Å². The Morgan fingerprint density at radius 2 is 1.83 bits per heavy atom. The number of rotatable bonds is 5. The number of carbonyl (C=O) groups excluding carboxylic acids is 2. The topological polar surface area (TPSA) is 58.6 Å². The molecule has 2 bridgehead atoms. The predicted molar refractivity (Wildman–Crippen MR) is 87.0 cm³/mol. The maximum absolute atomic E-state index is 12.9. The molecule has 3 atom stereocenters. The number of nitrogens with one attached hydrogen (secondary N) is 1. The first-order chi connectivity index (χ1) is 11.6.